The summed E-state index contributed by atoms with van der Waals surface area (Å²) in [5, 5.41) is 5.67. The molecule has 0 saturated carbocycles. The van der Waals surface area contributed by atoms with E-state index in [0.29, 0.717) is 0 Å². The van der Waals surface area contributed by atoms with Crippen LogP contribution in [-0.4, -0.2) is 9.13 Å². The predicted molar refractivity (Wildman–Crippen MR) is 196 cm³/mol. The molecule has 0 amide bonds. The van der Waals surface area contributed by atoms with Crippen LogP contribution in [0.15, 0.2) is 60.7 Å². The summed E-state index contributed by atoms with van der Waals surface area (Å²) in [6.07, 6.45) is 27.7. The monoisotopic (exact) mass is 592 g/mol. The van der Waals surface area contributed by atoms with Crippen LogP contribution in [0.25, 0.3) is 43.6 Å². The summed E-state index contributed by atoms with van der Waals surface area (Å²) in [6, 6.07) is 23.3. The van der Waals surface area contributed by atoms with Gasteiger partial charge in [0.05, 0.1) is 0 Å². The average Bonchev–Trinajstić information content (AvgIpc) is 3.53. The Kier molecular flexibility index (Phi) is 13.1. The van der Waals surface area contributed by atoms with Crippen molar-refractivity contribution in [2.75, 3.05) is 0 Å². The fourth-order valence-electron chi connectivity index (χ4n) is 7.58. The van der Waals surface area contributed by atoms with Crippen LogP contribution < -0.4 is 0 Å². The minimum absolute atomic E-state index is 1.11. The van der Waals surface area contributed by atoms with Gasteiger partial charge in [-0.05, 0) is 37.1 Å². The highest BCUT2D eigenvalue weighted by atomic mass is 15.0. The van der Waals surface area contributed by atoms with Crippen molar-refractivity contribution in [2.24, 2.45) is 0 Å². The molecule has 2 heteroatoms. The number of hydrogen-bond donors (Lipinski definition) is 0. The van der Waals surface area contributed by atoms with Crippen LogP contribution in [0.2, 0.25) is 0 Å². The van der Waals surface area contributed by atoms with Crippen molar-refractivity contribution in [2.45, 2.75) is 155 Å². The first kappa shape index (κ1) is 32.6. The SMILES string of the molecule is CCCCCCCCCCCCn1c2ccccc2c2cc3c(cc21)c1ccccc1n3CCCCCCCCCCCC. The van der Waals surface area contributed by atoms with Crippen molar-refractivity contribution in [1.82, 2.24) is 9.13 Å². The van der Waals surface area contributed by atoms with Crippen LogP contribution in [0.4, 0.5) is 0 Å². The van der Waals surface area contributed by atoms with E-state index >= 15 is 0 Å². The Morgan fingerprint density at radius 3 is 1.02 bits per heavy atom. The third-order valence-electron chi connectivity index (χ3n) is 10.1. The zero-order valence-electron chi connectivity index (χ0n) is 28.2. The maximum absolute atomic E-state index is 2.63. The van der Waals surface area contributed by atoms with Crippen molar-refractivity contribution in [3.8, 4) is 0 Å². The molecule has 3 aromatic carbocycles. The number of hydrogen-bond acceptors (Lipinski definition) is 0. The number of aromatic nitrogens is 2. The number of aryl methyl sites for hydroxylation is 2. The first-order valence-corrected chi connectivity index (χ1v) is 18.8. The lowest BCUT2D eigenvalue weighted by Gasteiger charge is -2.09. The highest BCUT2D eigenvalue weighted by Crippen LogP contribution is 2.37. The lowest BCUT2D eigenvalue weighted by atomic mass is 10.1. The molecule has 0 aliphatic rings. The van der Waals surface area contributed by atoms with Crippen LogP contribution in [0, 0.1) is 0 Å². The van der Waals surface area contributed by atoms with Gasteiger partial charge < -0.3 is 9.13 Å². The van der Waals surface area contributed by atoms with Gasteiger partial charge in [-0.3, -0.25) is 0 Å². The van der Waals surface area contributed by atoms with Gasteiger partial charge in [0.1, 0.15) is 0 Å². The van der Waals surface area contributed by atoms with E-state index in [1.807, 2.05) is 0 Å². The molecule has 0 spiro atoms. The Balaban J connectivity index is 1.26. The van der Waals surface area contributed by atoms with Gasteiger partial charge in [0.25, 0.3) is 0 Å². The maximum atomic E-state index is 2.63. The van der Waals surface area contributed by atoms with Gasteiger partial charge >= 0.3 is 0 Å². The third-order valence-corrected chi connectivity index (χ3v) is 10.1. The molecule has 0 unspecified atom stereocenters. The molecule has 0 radical (unpaired) electrons. The molecule has 0 aliphatic carbocycles. The molecule has 0 fully saturated rings. The van der Waals surface area contributed by atoms with Gasteiger partial charge in [-0.25, -0.2) is 0 Å². The van der Waals surface area contributed by atoms with Crippen molar-refractivity contribution in [1.29, 1.82) is 0 Å². The third kappa shape index (κ3) is 8.29. The molecule has 2 aromatic heterocycles. The lowest BCUT2D eigenvalue weighted by Crippen LogP contribution is -1.99. The smallest absolute Gasteiger partial charge is 0.0499 e. The molecule has 2 nitrogen and oxygen atoms in total. The molecule has 2 heterocycles. The van der Waals surface area contributed by atoms with Crippen LogP contribution in [0.1, 0.15) is 142 Å². The topological polar surface area (TPSA) is 9.86 Å². The summed E-state index contributed by atoms with van der Waals surface area (Å²) in [5.41, 5.74) is 5.63. The van der Waals surface area contributed by atoms with Crippen molar-refractivity contribution >= 4 is 43.6 Å². The highest BCUT2D eigenvalue weighted by Gasteiger charge is 2.16. The Morgan fingerprint density at radius 2 is 0.659 bits per heavy atom. The van der Waals surface area contributed by atoms with E-state index in [1.165, 1.54) is 172 Å². The van der Waals surface area contributed by atoms with Crippen LogP contribution in [0.3, 0.4) is 0 Å². The number of benzene rings is 3. The summed E-state index contributed by atoms with van der Waals surface area (Å²) >= 11 is 0. The Morgan fingerprint density at radius 1 is 0.341 bits per heavy atom. The molecule has 0 N–H and O–H groups in total. The summed E-state index contributed by atoms with van der Waals surface area (Å²) in [7, 11) is 0. The summed E-state index contributed by atoms with van der Waals surface area (Å²) in [4.78, 5) is 0. The molecule has 238 valence electrons. The first-order chi connectivity index (χ1) is 21.8. The van der Waals surface area contributed by atoms with E-state index in [-0.39, 0.29) is 0 Å². The normalized spacial score (nSPS) is 12.0. The molecule has 0 saturated heterocycles. The second-order valence-electron chi connectivity index (χ2n) is 13.6. The van der Waals surface area contributed by atoms with E-state index in [1.54, 1.807) is 0 Å². The molecular formula is C42H60N2. The second kappa shape index (κ2) is 17.7. The minimum Gasteiger partial charge on any atom is -0.340 e. The Labute approximate surface area is 268 Å². The zero-order valence-corrected chi connectivity index (χ0v) is 28.2. The van der Waals surface area contributed by atoms with Gasteiger partial charge in [0, 0.05) is 56.7 Å². The van der Waals surface area contributed by atoms with E-state index in [2.05, 4.69) is 83.6 Å². The standard InChI is InChI=1S/C42H60N2/c1-3-5-7-9-11-13-15-17-19-25-31-43-39-29-23-21-27-35(39)37-34-42-38(33-41(37)43)36-28-22-24-30-40(36)44(42)32-26-20-18-16-14-12-10-8-6-4-2/h21-24,27-30,33-34H,3-20,25-26,31-32H2,1-2H3. The summed E-state index contributed by atoms with van der Waals surface area (Å²) in [6.45, 7) is 6.84. The highest BCUT2D eigenvalue weighted by molar-refractivity contribution is 6.17. The van der Waals surface area contributed by atoms with Crippen molar-refractivity contribution in [3.05, 3.63) is 60.7 Å². The summed E-state index contributed by atoms with van der Waals surface area (Å²) in [5.74, 6) is 0. The molecule has 0 bridgehead atoms. The van der Waals surface area contributed by atoms with E-state index in [4.69, 9.17) is 0 Å². The van der Waals surface area contributed by atoms with Gasteiger partial charge in [-0.1, -0.05) is 166 Å². The fourth-order valence-corrected chi connectivity index (χ4v) is 7.58. The zero-order chi connectivity index (χ0) is 30.4. The van der Waals surface area contributed by atoms with Crippen LogP contribution in [-0.2, 0) is 13.1 Å². The number of para-hydroxylation sites is 2. The second-order valence-corrected chi connectivity index (χ2v) is 13.6. The molecule has 5 aromatic rings. The van der Waals surface area contributed by atoms with Crippen LogP contribution >= 0.6 is 0 Å². The molecule has 5 rings (SSSR count). The van der Waals surface area contributed by atoms with E-state index < -0.39 is 0 Å². The average molecular weight is 593 g/mol. The van der Waals surface area contributed by atoms with Crippen molar-refractivity contribution in [3.63, 3.8) is 0 Å². The number of unbranched alkanes of at least 4 members (excludes halogenated alkanes) is 18. The fraction of sp³-hybridized carbons (Fsp3) is 0.571. The quantitative estimate of drug-likeness (QED) is 0.0707. The van der Waals surface area contributed by atoms with Gasteiger partial charge in [-0.15, -0.1) is 0 Å². The van der Waals surface area contributed by atoms with Crippen molar-refractivity contribution < 1.29 is 0 Å². The first-order valence-electron chi connectivity index (χ1n) is 18.8. The molecule has 0 aliphatic heterocycles. The lowest BCUT2D eigenvalue weighted by molar-refractivity contribution is 0.541. The molecule has 44 heavy (non-hydrogen) atoms. The van der Waals surface area contributed by atoms with Gasteiger partial charge in [-0.2, -0.15) is 0 Å². The summed E-state index contributed by atoms with van der Waals surface area (Å²) < 4.78 is 5.26. The molecule has 0 atom stereocenters. The maximum Gasteiger partial charge on any atom is 0.0499 e. The Hall–Kier alpha value is -2.74. The van der Waals surface area contributed by atoms with Crippen LogP contribution in [0.5, 0.6) is 0 Å². The van der Waals surface area contributed by atoms with E-state index in [0.717, 1.165) is 13.1 Å². The number of fused-ring (bicyclic) bond motifs is 6. The van der Waals surface area contributed by atoms with Gasteiger partial charge in [0.15, 0.2) is 0 Å². The number of rotatable bonds is 22. The predicted octanol–water partition coefficient (Wildman–Crippen LogP) is 13.7. The largest absolute Gasteiger partial charge is 0.340 e. The Bertz CT molecular complexity index is 1430. The molecular weight excluding hydrogens is 532 g/mol. The van der Waals surface area contributed by atoms with Gasteiger partial charge in [0.2, 0.25) is 0 Å². The van der Waals surface area contributed by atoms with E-state index in [9.17, 15) is 0 Å². The number of nitrogens with zero attached hydrogens (tertiary/aromatic N) is 2. The minimum atomic E-state index is 1.11.